The summed E-state index contributed by atoms with van der Waals surface area (Å²) < 4.78 is 0. The second kappa shape index (κ2) is 8.77. The largest absolute Gasteiger partial charge is 0.314 e. The molecule has 1 unspecified atom stereocenters. The van der Waals surface area contributed by atoms with E-state index >= 15 is 0 Å². The highest BCUT2D eigenvalue weighted by Gasteiger charge is 2.09. The highest BCUT2D eigenvalue weighted by Crippen LogP contribution is 2.13. The molecule has 0 radical (unpaired) electrons. The minimum atomic E-state index is 0.550. The van der Waals surface area contributed by atoms with Gasteiger partial charge in [0.15, 0.2) is 0 Å². The first kappa shape index (κ1) is 15.8. The van der Waals surface area contributed by atoms with E-state index in [-0.39, 0.29) is 0 Å². The summed E-state index contributed by atoms with van der Waals surface area (Å²) in [7, 11) is 0. The number of nitrogens with one attached hydrogen (secondary N) is 1. The highest BCUT2D eigenvalue weighted by atomic mass is 14.9. The first-order valence-corrected chi connectivity index (χ1v) is 7.39. The van der Waals surface area contributed by atoms with Gasteiger partial charge in [-0.05, 0) is 51.6 Å². The van der Waals surface area contributed by atoms with Crippen molar-refractivity contribution >= 4 is 0 Å². The van der Waals surface area contributed by atoms with Crippen molar-refractivity contribution in [1.29, 1.82) is 0 Å². The van der Waals surface area contributed by atoms with E-state index in [1.54, 1.807) is 0 Å². The first-order valence-electron chi connectivity index (χ1n) is 7.39. The topological polar surface area (TPSA) is 12.0 Å². The molecule has 1 aromatic carbocycles. The lowest BCUT2D eigenvalue weighted by molar-refractivity contribution is 0.467. The normalized spacial score (nSPS) is 12.1. The maximum absolute atomic E-state index is 5.34. The molecule has 0 bridgehead atoms. The summed E-state index contributed by atoms with van der Waals surface area (Å²) in [5.41, 5.74) is 4.15. The Morgan fingerprint density at radius 2 is 1.89 bits per heavy atom. The molecule has 0 aliphatic carbocycles. The van der Waals surface area contributed by atoms with Crippen molar-refractivity contribution in [2.24, 2.45) is 0 Å². The van der Waals surface area contributed by atoms with E-state index < -0.39 is 0 Å². The lowest BCUT2D eigenvalue weighted by atomic mass is 9.98. The molecule has 104 valence electrons. The molecule has 1 atom stereocenters. The third-order valence-electron chi connectivity index (χ3n) is 3.32. The van der Waals surface area contributed by atoms with Gasteiger partial charge in [-0.1, -0.05) is 36.2 Å². The van der Waals surface area contributed by atoms with E-state index in [4.69, 9.17) is 6.42 Å². The lowest BCUT2D eigenvalue weighted by Gasteiger charge is -2.19. The zero-order valence-corrected chi connectivity index (χ0v) is 12.6. The van der Waals surface area contributed by atoms with Gasteiger partial charge in [0.25, 0.3) is 0 Å². The molecule has 0 aromatic heterocycles. The predicted octanol–water partition coefficient (Wildman–Crippen LogP) is 4.02. The molecule has 0 aliphatic rings. The molecule has 1 heteroatoms. The van der Waals surface area contributed by atoms with Crippen molar-refractivity contribution in [3.05, 3.63) is 34.9 Å². The molecular weight excluding hydrogens is 230 g/mol. The third-order valence-corrected chi connectivity index (χ3v) is 3.32. The van der Waals surface area contributed by atoms with Gasteiger partial charge in [-0.25, -0.2) is 0 Å². The van der Waals surface area contributed by atoms with Crippen LogP contribution in [0.1, 0.15) is 49.3 Å². The molecule has 0 fully saturated rings. The molecule has 0 spiro atoms. The van der Waals surface area contributed by atoms with E-state index in [0.29, 0.717) is 6.04 Å². The molecule has 1 aromatic rings. The fraction of sp³-hybridized carbons (Fsp3) is 0.556. The Bertz CT molecular complexity index is 394. The van der Waals surface area contributed by atoms with E-state index in [1.807, 2.05) is 0 Å². The summed E-state index contributed by atoms with van der Waals surface area (Å²) in [4.78, 5) is 0. The number of benzene rings is 1. The monoisotopic (exact) mass is 257 g/mol. The Labute approximate surface area is 118 Å². The van der Waals surface area contributed by atoms with Crippen molar-refractivity contribution in [2.45, 2.75) is 58.9 Å². The molecule has 1 N–H and O–H groups in total. The zero-order valence-electron chi connectivity index (χ0n) is 12.6. The molecule has 1 nitrogen and oxygen atoms in total. The number of rotatable bonds is 8. The summed E-state index contributed by atoms with van der Waals surface area (Å²) in [5, 5.41) is 3.65. The molecule has 0 aliphatic heterocycles. The molecule has 0 saturated heterocycles. The van der Waals surface area contributed by atoms with Crippen LogP contribution in [0, 0.1) is 26.2 Å². The summed E-state index contributed by atoms with van der Waals surface area (Å²) in [6.07, 6.45) is 10.8. The van der Waals surface area contributed by atoms with Gasteiger partial charge in [0, 0.05) is 12.5 Å². The number of hydrogen-bond acceptors (Lipinski definition) is 1. The van der Waals surface area contributed by atoms with Gasteiger partial charge in [0.1, 0.15) is 0 Å². The van der Waals surface area contributed by atoms with Crippen LogP contribution in [-0.2, 0) is 6.42 Å². The van der Waals surface area contributed by atoms with Crippen LogP contribution in [0.3, 0.4) is 0 Å². The average Bonchev–Trinajstić information content (AvgIpc) is 2.34. The second-order valence-corrected chi connectivity index (χ2v) is 5.45. The van der Waals surface area contributed by atoms with Crippen LogP contribution < -0.4 is 5.32 Å². The maximum atomic E-state index is 5.34. The van der Waals surface area contributed by atoms with Gasteiger partial charge >= 0.3 is 0 Å². The third kappa shape index (κ3) is 6.45. The molecule has 0 saturated carbocycles. The summed E-state index contributed by atoms with van der Waals surface area (Å²) in [5.74, 6) is 2.73. The fourth-order valence-electron chi connectivity index (χ4n) is 2.55. The summed E-state index contributed by atoms with van der Waals surface area (Å²) in [6.45, 7) is 7.64. The van der Waals surface area contributed by atoms with Crippen LogP contribution in [0.4, 0.5) is 0 Å². The van der Waals surface area contributed by atoms with Crippen molar-refractivity contribution in [3.8, 4) is 12.3 Å². The standard InChI is InChI=1S/C18H27N/c1-5-7-8-9-18(19-10-6-2)14-17-12-15(3)11-16(4)13-17/h1,11-13,18-19H,6-10,14H2,2-4H3. The van der Waals surface area contributed by atoms with Gasteiger partial charge in [0.2, 0.25) is 0 Å². The zero-order chi connectivity index (χ0) is 14.1. The Morgan fingerprint density at radius 1 is 1.21 bits per heavy atom. The number of hydrogen-bond donors (Lipinski definition) is 1. The molecule has 19 heavy (non-hydrogen) atoms. The van der Waals surface area contributed by atoms with Crippen LogP contribution in [0.15, 0.2) is 18.2 Å². The minimum absolute atomic E-state index is 0.550. The van der Waals surface area contributed by atoms with Crippen LogP contribution in [0.5, 0.6) is 0 Å². The second-order valence-electron chi connectivity index (χ2n) is 5.45. The minimum Gasteiger partial charge on any atom is -0.314 e. The Kier molecular flexibility index (Phi) is 7.30. The number of unbranched alkanes of at least 4 members (excludes halogenated alkanes) is 1. The van der Waals surface area contributed by atoms with E-state index in [1.165, 1.54) is 23.1 Å². The van der Waals surface area contributed by atoms with Crippen LogP contribution in [-0.4, -0.2) is 12.6 Å². The van der Waals surface area contributed by atoms with Crippen LogP contribution >= 0.6 is 0 Å². The van der Waals surface area contributed by atoms with Crippen molar-refractivity contribution in [3.63, 3.8) is 0 Å². The summed E-state index contributed by atoms with van der Waals surface area (Å²) >= 11 is 0. The number of terminal acetylenes is 1. The molecule has 0 amide bonds. The molecule has 1 rings (SSSR count). The van der Waals surface area contributed by atoms with Gasteiger partial charge in [-0.2, -0.15) is 0 Å². The van der Waals surface area contributed by atoms with E-state index in [9.17, 15) is 0 Å². The predicted molar refractivity (Wildman–Crippen MR) is 84.4 cm³/mol. The van der Waals surface area contributed by atoms with Crippen molar-refractivity contribution < 1.29 is 0 Å². The quantitative estimate of drug-likeness (QED) is 0.548. The smallest absolute Gasteiger partial charge is 0.0108 e. The Morgan fingerprint density at radius 3 is 2.47 bits per heavy atom. The van der Waals surface area contributed by atoms with Crippen molar-refractivity contribution in [2.75, 3.05) is 6.54 Å². The SMILES string of the molecule is C#CCCCC(Cc1cc(C)cc(C)c1)NCCC. The van der Waals surface area contributed by atoms with Crippen molar-refractivity contribution in [1.82, 2.24) is 5.32 Å². The molecule has 0 heterocycles. The van der Waals surface area contributed by atoms with Gasteiger partial charge in [-0.15, -0.1) is 12.3 Å². The van der Waals surface area contributed by atoms with Gasteiger partial charge in [0.05, 0.1) is 0 Å². The molecular formula is C18H27N. The van der Waals surface area contributed by atoms with Gasteiger partial charge < -0.3 is 5.32 Å². The Hall–Kier alpha value is -1.26. The lowest BCUT2D eigenvalue weighted by Crippen LogP contribution is -2.31. The summed E-state index contributed by atoms with van der Waals surface area (Å²) in [6, 6.07) is 7.38. The average molecular weight is 257 g/mol. The van der Waals surface area contributed by atoms with Gasteiger partial charge in [-0.3, -0.25) is 0 Å². The first-order chi connectivity index (χ1) is 9.15. The Balaban J connectivity index is 2.61. The highest BCUT2D eigenvalue weighted by molar-refractivity contribution is 5.29. The number of aryl methyl sites for hydroxylation is 2. The fourth-order valence-corrected chi connectivity index (χ4v) is 2.55. The van der Waals surface area contributed by atoms with E-state index in [2.05, 4.69) is 50.2 Å². The van der Waals surface area contributed by atoms with E-state index in [0.717, 1.165) is 32.2 Å². The van der Waals surface area contributed by atoms with Crippen LogP contribution in [0.25, 0.3) is 0 Å². The van der Waals surface area contributed by atoms with Crippen LogP contribution in [0.2, 0.25) is 0 Å². The maximum Gasteiger partial charge on any atom is 0.0108 e.